The fourth-order valence-electron chi connectivity index (χ4n) is 1.42. The van der Waals surface area contributed by atoms with Crippen molar-refractivity contribution < 1.29 is 5.11 Å². The Kier molecular flexibility index (Phi) is 3.12. The summed E-state index contributed by atoms with van der Waals surface area (Å²) in [5.74, 6) is 0.436. The second-order valence-corrected chi connectivity index (χ2v) is 2.89. The molecular weight excluding hydrogens is 128 g/mol. The fourth-order valence-corrected chi connectivity index (χ4v) is 1.42. The summed E-state index contributed by atoms with van der Waals surface area (Å²) in [5.41, 5.74) is 5.33. The minimum absolute atomic E-state index is 0.276. The summed E-state index contributed by atoms with van der Waals surface area (Å²) in [4.78, 5) is 0. The Bertz CT molecular complexity index is 91.6. The van der Waals surface area contributed by atoms with E-state index in [0.29, 0.717) is 12.5 Å². The maximum atomic E-state index is 9.33. The lowest BCUT2D eigenvalue weighted by Gasteiger charge is -2.26. The number of piperidine rings is 1. The van der Waals surface area contributed by atoms with Crippen LogP contribution >= 0.6 is 0 Å². The molecule has 0 radical (unpaired) electrons. The first-order valence-corrected chi connectivity index (χ1v) is 3.93. The van der Waals surface area contributed by atoms with E-state index in [4.69, 9.17) is 5.73 Å². The number of nitrogens with two attached hydrogens (primary N) is 1. The Labute approximate surface area is 61.6 Å². The van der Waals surface area contributed by atoms with Gasteiger partial charge in [0, 0.05) is 6.54 Å². The molecule has 1 atom stereocenters. The van der Waals surface area contributed by atoms with Crippen molar-refractivity contribution in [2.45, 2.75) is 18.9 Å². The van der Waals surface area contributed by atoms with Gasteiger partial charge in [0.05, 0.1) is 6.10 Å². The molecule has 1 aliphatic rings. The molecule has 0 aliphatic carbocycles. The first-order valence-electron chi connectivity index (χ1n) is 3.93. The summed E-state index contributed by atoms with van der Waals surface area (Å²) in [5, 5.41) is 12.6. The fraction of sp³-hybridized carbons (Fsp3) is 1.00. The Morgan fingerprint density at radius 1 is 1.50 bits per heavy atom. The van der Waals surface area contributed by atoms with Crippen LogP contribution in [0.1, 0.15) is 12.8 Å². The summed E-state index contributed by atoms with van der Waals surface area (Å²) >= 11 is 0. The Morgan fingerprint density at radius 2 is 2.10 bits per heavy atom. The molecule has 0 spiro atoms. The van der Waals surface area contributed by atoms with Gasteiger partial charge in [-0.05, 0) is 31.8 Å². The second kappa shape index (κ2) is 3.91. The van der Waals surface area contributed by atoms with E-state index < -0.39 is 0 Å². The molecular formula is C7H16N2O. The van der Waals surface area contributed by atoms with Crippen LogP contribution in [0.5, 0.6) is 0 Å². The Balaban J connectivity index is 2.24. The first kappa shape index (κ1) is 7.98. The van der Waals surface area contributed by atoms with E-state index in [0.717, 1.165) is 25.9 Å². The van der Waals surface area contributed by atoms with E-state index in [9.17, 15) is 5.11 Å². The average molecular weight is 144 g/mol. The maximum Gasteiger partial charge on any atom is 0.0691 e. The summed E-state index contributed by atoms with van der Waals surface area (Å²) in [6.07, 6.45) is 1.86. The molecule has 1 saturated heterocycles. The van der Waals surface area contributed by atoms with E-state index in [1.807, 2.05) is 0 Å². The highest BCUT2D eigenvalue weighted by atomic mass is 16.3. The van der Waals surface area contributed by atoms with Gasteiger partial charge in [-0.1, -0.05) is 0 Å². The predicted octanol–water partition coefficient (Wildman–Crippen LogP) is -0.694. The molecule has 4 N–H and O–H groups in total. The normalized spacial score (nSPS) is 24.6. The Morgan fingerprint density at radius 3 is 2.60 bits per heavy atom. The monoisotopic (exact) mass is 144 g/mol. The van der Waals surface area contributed by atoms with Gasteiger partial charge in [-0.25, -0.2) is 0 Å². The van der Waals surface area contributed by atoms with E-state index >= 15 is 0 Å². The minimum Gasteiger partial charge on any atom is -0.392 e. The maximum absolute atomic E-state index is 9.33. The van der Waals surface area contributed by atoms with E-state index in [-0.39, 0.29) is 6.10 Å². The SMILES string of the molecule is NCC(O)C1CCNCC1. The number of aliphatic hydroxyl groups is 1. The van der Waals surface area contributed by atoms with Gasteiger partial charge in [-0.15, -0.1) is 0 Å². The zero-order valence-corrected chi connectivity index (χ0v) is 6.21. The largest absolute Gasteiger partial charge is 0.392 e. The molecule has 1 aliphatic heterocycles. The molecule has 10 heavy (non-hydrogen) atoms. The number of hydrogen-bond donors (Lipinski definition) is 3. The van der Waals surface area contributed by atoms with Crippen LogP contribution in [-0.2, 0) is 0 Å². The molecule has 0 amide bonds. The van der Waals surface area contributed by atoms with Crippen molar-refractivity contribution in [1.29, 1.82) is 0 Å². The quantitative estimate of drug-likeness (QED) is 0.480. The topological polar surface area (TPSA) is 58.3 Å². The van der Waals surface area contributed by atoms with Crippen LogP contribution in [0.25, 0.3) is 0 Å². The third kappa shape index (κ3) is 1.94. The van der Waals surface area contributed by atoms with Crippen molar-refractivity contribution in [3.05, 3.63) is 0 Å². The zero-order chi connectivity index (χ0) is 7.40. The zero-order valence-electron chi connectivity index (χ0n) is 6.21. The van der Waals surface area contributed by atoms with Crippen molar-refractivity contribution >= 4 is 0 Å². The van der Waals surface area contributed by atoms with Crippen LogP contribution in [-0.4, -0.2) is 30.8 Å². The Hall–Kier alpha value is -0.120. The van der Waals surface area contributed by atoms with Crippen LogP contribution < -0.4 is 11.1 Å². The van der Waals surface area contributed by atoms with Crippen molar-refractivity contribution in [3.63, 3.8) is 0 Å². The number of rotatable bonds is 2. The first-order chi connectivity index (χ1) is 4.84. The van der Waals surface area contributed by atoms with Crippen LogP contribution in [0.2, 0.25) is 0 Å². The van der Waals surface area contributed by atoms with Crippen LogP contribution in [0.15, 0.2) is 0 Å². The van der Waals surface area contributed by atoms with Crippen LogP contribution in [0.3, 0.4) is 0 Å². The molecule has 1 rings (SSSR count). The lowest BCUT2D eigenvalue weighted by Crippen LogP contribution is -2.37. The second-order valence-electron chi connectivity index (χ2n) is 2.89. The molecule has 1 fully saturated rings. The lowest BCUT2D eigenvalue weighted by molar-refractivity contribution is 0.0961. The summed E-state index contributed by atoms with van der Waals surface area (Å²) in [6.45, 7) is 2.47. The summed E-state index contributed by atoms with van der Waals surface area (Å²) < 4.78 is 0. The van der Waals surface area contributed by atoms with Gasteiger partial charge in [-0.2, -0.15) is 0 Å². The van der Waals surface area contributed by atoms with Crippen LogP contribution in [0.4, 0.5) is 0 Å². The van der Waals surface area contributed by atoms with Crippen LogP contribution in [0, 0.1) is 5.92 Å². The van der Waals surface area contributed by atoms with E-state index in [1.165, 1.54) is 0 Å². The highest BCUT2D eigenvalue weighted by Gasteiger charge is 2.19. The molecule has 0 aromatic rings. The molecule has 60 valence electrons. The molecule has 0 aromatic carbocycles. The molecule has 3 heteroatoms. The number of hydrogen-bond acceptors (Lipinski definition) is 3. The highest BCUT2D eigenvalue weighted by Crippen LogP contribution is 2.14. The molecule has 3 nitrogen and oxygen atoms in total. The van der Waals surface area contributed by atoms with E-state index in [1.54, 1.807) is 0 Å². The molecule has 0 bridgehead atoms. The van der Waals surface area contributed by atoms with Gasteiger partial charge in [0.25, 0.3) is 0 Å². The predicted molar refractivity (Wildman–Crippen MR) is 40.7 cm³/mol. The van der Waals surface area contributed by atoms with Crippen molar-refractivity contribution in [3.8, 4) is 0 Å². The van der Waals surface area contributed by atoms with Gasteiger partial charge in [-0.3, -0.25) is 0 Å². The minimum atomic E-state index is -0.276. The standard InChI is InChI=1S/C7H16N2O/c8-5-7(10)6-1-3-9-4-2-6/h6-7,9-10H,1-5,8H2. The van der Waals surface area contributed by atoms with Gasteiger partial charge in [0.1, 0.15) is 0 Å². The average Bonchev–Trinajstić information content (AvgIpc) is 2.05. The third-order valence-corrected chi connectivity index (χ3v) is 2.17. The van der Waals surface area contributed by atoms with Gasteiger partial charge in [0.2, 0.25) is 0 Å². The summed E-state index contributed by atoms with van der Waals surface area (Å²) in [6, 6.07) is 0. The van der Waals surface area contributed by atoms with Crippen molar-refractivity contribution in [1.82, 2.24) is 5.32 Å². The lowest BCUT2D eigenvalue weighted by atomic mass is 9.92. The molecule has 1 heterocycles. The molecule has 0 saturated carbocycles. The van der Waals surface area contributed by atoms with Gasteiger partial charge >= 0.3 is 0 Å². The number of aliphatic hydroxyl groups excluding tert-OH is 1. The smallest absolute Gasteiger partial charge is 0.0691 e. The number of nitrogens with one attached hydrogen (secondary N) is 1. The highest BCUT2D eigenvalue weighted by molar-refractivity contribution is 4.75. The van der Waals surface area contributed by atoms with Gasteiger partial charge < -0.3 is 16.2 Å². The third-order valence-electron chi connectivity index (χ3n) is 2.17. The molecule has 0 aromatic heterocycles. The van der Waals surface area contributed by atoms with Gasteiger partial charge in [0.15, 0.2) is 0 Å². The summed E-state index contributed by atoms with van der Waals surface area (Å²) in [7, 11) is 0. The van der Waals surface area contributed by atoms with Crippen molar-refractivity contribution in [2.75, 3.05) is 19.6 Å². The van der Waals surface area contributed by atoms with E-state index in [2.05, 4.69) is 5.32 Å². The molecule has 1 unspecified atom stereocenters. The van der Waals surface area contributed by atoms with Crippen molar-refractivity contribution in [2.24, 2.45) is 11.7 Å².